The molecule has 3 N–H and O–H groups in total. The van der Waals surface area contributed by atoms with Crippen molar-refractivity contribution in [2.24, 2.45) is 0 Å². The van der Waals surface area contributed by atoms with E-state index in [2.05, 4.69) is 25.3 Å². The number of anilines is 3. The van der Waals surface area contributed by atoms with Crippen molar-refractivity contribution in [3.05, 3.63) is 79.4 Å². The summed E-state index contributed by atoms with van der Waals surface area (Å²) in [6.07, 6.45) is 6.70. The normalized spacial score (nSPS) is 10.4. The topological polar surface area (TPSA) is 98.8 Å². The predicted molar refractivity (Wildman–Crippen MR) is 104 cm³/mol. The van der Waals surface area contributed by atoms with Gasteiger partial charge in [-0.15, -0.1) is 0 Å². The summed E-state index contributed by atoms with van der Waals surface area (Å²) in [6.45, 7) is 0. The minimum Gasteiger partial charge on any atom is -0.438 e. The molecule has 0 radical (unpaired) electrons. The van der Waals surface area contributed by atoms with E-state index in [4.69, 9.17) is 10.5 Å². The van der Waals surface area contributed by atoms with Gasteiger partial charge in [0, 0.05) is 41.6 Å². The molecule has 7 nitrogen and oxygen atoms in total. The molecule has 0 atom stereocenters. The number of ether oxygens (including phenoxy) is 1. The highest BCUT2D eigenvalue weighted by Crippen LogP contribution is 2.31. The lowest BCUT2D eigenvalue weighted by atomic mass is 10.1. The van der Waals surface area contributed by atoms with E-state index in [1.807, 2.05) is 54.6 Å². The van der Waals surface area contributed by atoms with Crippen molar-refractivity contribution in [3.63, 3.8) is 0 Å². The summed E-state index contributed by atoms with van der Waals surface area (Å²) in [4.78, 5) is 16.6. The summed E-state index contributed by atoms with van der Waals surface area (Å²) in [6, 6.07) is 17.0. The van der Waals surface area contributed by atoms with Crippen LogP contribution in [0.15, 0.2) is 79.4 Å². The van der Waals surface area contributed by atoms with Gasteiger partial charge in [-0.1, -0.05) is 6.07 Å². The molecule has 0 saturated heterocycles. The van der Waals surface area contributed by atoms with E-state index in [0.717, 1.165) is 22.6 Å². The molecule has 7 heteroatoms. The number of pyridine rings is 2. The number of nitrogens with zero attached hydrogens (tertiary/aromatic N) is 4. The van der Waals surface area contributed by atoms with E-state index in [1.54, 1.807) is 24.8 Å². The van der Waals surface area contributed by atoms with E-state index in [1.165, 1.54) is 0 Å². The van der Waals surface area contributed by atoms with Crippen LogP contribution in [0.4, 0.5) is 17.5 Å². The van der Waals surface area contributed by atoms with Crippen LogP contribution >= 0.6 is 0 Å². The summed E-state index contributed by atoms with van der Waals surface area (Å²) in [5.41, 5.74) is 8.03. The molecule has 0 aliphatic rings. The molecule has 0 saturated carbocycles. The van der Waals surface area contributed by atoms with Crippen LogP contribution in [0.25, 0.3) is 11.1 Å². The molecule has 4 rings (SSSR count). The van der Waals surface area contributed by atoms with Crippen LogP contribution in [0, 0.1) is 0 Å². The zero-order valence-corrected chi connectivity index (χ0v) is 14.3. The summed E-state index contributed by atoms with van der Waals surface area (Å²) in [5, 5.41) is 3.23. The SMILES string of the molecule is Nc1ncc(-c2cccnc2Oc2ccc(Nc3ccccn3)cc2)cn1. The number of benzene rings is 1. The lowest BCUT2D eigenvalue weighted by Crippen LogP contribution is -1.96. The summed E-state index contributed by atoms with van der Waals surface area (Å²) < 4.78 is 5.96. The largest absolute Gasteiger partial charge is 0.438 e. The zero-order chi connectivity index (χ0) is 18.5. The van der Waals surface area contributed by atoms with Gasteiger partial charge in [-0.25, -0.2) is 19.9 Å². The fourth-order valence-electron chi connectivity index (χ4n) is 2.47. The molecular formula is C20H16N6O. The van der Waals surface area contributed by atoms with Crippen molar-refractivity contribution < 1.29 is 4.74 Å². The first-order valence-electron chi connectivity index (χ1n) is 8.27. The van der Waals surface area contributed by atoms with Crippen LogP contribution in [0.3, 0.4) is 0 Å². The zero-order valence-electron chi connectivity index (χ0n) is 14.3. The van der Waals surface area contributed by atoms with Crippen molar-refractivity contribution >= 4 is 17.5 Å². The Hall–Kier alpha value is -4.00. The number of nitrogens with one attached hydrogen (secondary N) is 1. The Balaban J connectivity index is 1.53. The van der Waals surface area contributed by atoms with Gasteiger partial charge in [-0.05, 0) is 48.5 Å². The Morgan fingerprint density at radius 1 is 0.778 bits per heavy atom. The van der Waals surface area contributed by atoms with Crippen LogP contribution in [-0.2, 0) is 0 Å². The first-order valence-corrected chi connectivity index (χ1v) is 8.27. The second-order valence-corrected chi connectivity index (χ2v) is 5.65. The highest BCUT2D eigenvalue weighted by atomic mass is 16.5. The Morgan fingerprint density at radius 2 is 1.56 bits per heavy atom. The monoisotopic (exact) mass is 356 g/mol. The lowest BCUT2D eigenvalue weighted by molar-refractivity contribution is 0.465. The number of aromatic nitrogens is 4. The summed E-state index contributed by atoms with van der Waals surface area (Å²) in [5.74, 6) is 2.14. The predicted octanol–water partition coefficient (Wildman–Crippen LogP) is 4.05. The van der Waals surface area contributed by atoms with Gasteiger partial charge >= 0.3 is 0 Å². The molecule has 3 heterocycles. The van der Waals surface area contributed by atoms with Crippen molar-refractivity contribution in [2.75, 3.05) is 11.1 Å². The van der Waals surface area contributed by atoms with Gasteiger partial charge in [-0.2, -0.15) is 0 Å². The van der Waals surface area contributed by atoms with Crippen LogP contribution in [-0.4, -0.2) is 19.9 Å². The van der Waals surface area contributed by atoms with Crippen LogP contribution in [0.1, 0.15) is 0 Å². The molecular weight excluding hydrogens is 340 g/mol. The molecule has 0 aliphatic carbocycles. The van der Waals surface area contributed by atoms with Gasteiger partial charge in [0.2, 0.25) is 11.8 Å². The number of hydrogen-bond donors (Lipinski definition) is 2. The summed E-state index contributed by atoms with van der Waals surface area (Å²) in [7, 11) is 0. The smallest absolute Gasteiger partial charge is 0.227 e. The van der Waals surface area contributed by atoms with Crippen LogP contribution in [0.5, 0.6) is 11.6 Å². The molecule has 0 aliphatic heterocycles. The van der Waals surface area contributed by atoms with E-state index >= 15 is 0 Å². The maximum absolute atomic E-state index is 5.96. The van der Waals surface area contributed by atoms with Gasteiger partial charge in [-0.3, -0.25) is 0 Å². The molecule has 3 aromatic heterocycles. The first kappa shape index (κ1) is 16.5. The maximum atomic E-state index is 5.96. The van der Waals surface area contributed by atoms with Gasteiger partial charge in [0.25, 0.3) is 0 Å². The highest BCUT2D eigenvalue weighted by molar-refractivity contribution is 5.67. The van der Waals surface area contributed by atoms with Gasteiger partial charge in [0.15, 0.2) is 0 Å². The quantitative estimate of drug-likeness (QED) is 0.556. The molecule has 0 fully saturated rings. The lowest BCUT2D eigenvalue weighted by Gasteiger charge is -2.11. The molecule has 0 bridgehead atoms. The average molecular weight is 356 g/mol. The van der Waals surface area contributed by atoms with Crippen molar-refractivity contribution in [1.82, 2.24) is 19.9 Å². The standard InChI is InChI=1S/C20H16N6O/c21-20-24-12-14(13-25-20)17-4-3-11-23-19(17)27-16-8-6-15(7-9-16)26-18-5-1-2-10-22-18/h1-13H,(H,22,26)(H2,21,24,25). The minimum atomic E-state index is 0.223. The molecule has 1 aromatic carbocycles. The third-order valence-electron chi connectivity index (χ3n) is 3.76. The van der Waals surface area contributed by atoms with Crippen molar-refractivity contribution in [3.8, 4) is 22.8 Å². The Morgan fingerprint density at radius 3 is 2.30 bits per heavy atom. The molecule has 132 valence electrons. The third kappa shape index (κ3) is 3.98. The Labute approximate surface area is 155 Å². The minimum absolute atomic E-state index is 0.223. The fraction of sp³-hybridized carbons (Fsp3) is 0. The second-order valence-electron chi connectivity index (χ2n) is 5.65. The number of nitrogens with two attached hydrogens (primary N) is 1. The van der Waals surface area contributed by atoms with Crippen LogP contribution < -0.4 is 15.8 Å². The molecule has 27 heavy (non-hydrogen) atoms. The highest BCUT2D eigenvalue weighted by Gasteiger charge is 2.09. The molecule has 0 spiro atoms. The van der Waals surface area contributed by atoms with Crippen molar-refractivity contribution in [1.29, 1.82) is 0 Å². The second kappa shape index (κ2) is 7.49. The maximum Gasteiger partial charge on any atom is 0.227 e. The number of hydrogen-bond acceptors (Lipinski definition) is 7. The van der Waals surface area contributed by atoms with Crippen LogP contribution in [0.2, 0.25) is 0 Å². The molecule has 4 aromatic rings. The van der Waals surface area contributed by atoms with E-state index < -0.39 is 0 Å². The Kier molecular flexibility index (Phi) is 4.57. The van der Waals surface area contributed by atoms with E-state index in [0.29, 0.717) is 11.6 Å². The first-order chi connectivity index (χ1) is 13.3. The van der Waals surface area contributed by atoms with Gasteiger partial charge < -0.3 is 15.8 Å². The molecule has 0 unspecified atom stereocenters. The van der Waals surface area contributed by atoms with E-state index in [9.17, 15) is 0 Å². The van der Waals surface area contributed by atoms with E-state index in [-0.39, 0.29) is 5.95 Å². The number of nitrogen functional groups attached to an aromatic ring is 1. The van der Waals surface area contributed by atoms with Crippen molar-refractivity contribution in [2.45, 2.75) is 0 Å². The fourth-order valence-corrected chi connectivity index (χ4v) is 2.47. The average Bonchev–Trinajstić information content (AvgIpc) is 2.71. The van der Waals surface area contributed by atoms with Gasteiger partial charge in [0.05, 0.1) is 0 Å². The third-order valence-corrected chi connectivity index (χ3v) is 3.76. The Bertz CT molecular complexity index is 1020. The summed E-state index contributed by atoms with van der Waals surface area (Å²) >= 11 is 0. The van der Waals surface area contributed by atoms with Gasteiger partial charge in [0.1, 0.15) is 11.6 Å². The molecule has 0 amide bonds. The number of rotatable bonds is 5.